The van der Waals surface area contributed by atoms with E-state index in [1.165, 1.54) is 30.5 Å². The molecule has 0 saturated carbocycles. The summed E-state index contributed by atoms with van der Waals surface area (Å²) < 4.78 is 0. The topological polar surface area (TPSA) is 40.5 Å². The van der Waals surface area contributed by atoms with Gasteiger partial charge in [-0.1, -0.05) is 51.3 Å². The Labute approximate surface area is 128 Å². The largest absolute Gasteiger partial charge is 0.481 e. The Morgan fingerprint density at radius 1 is 1.38 bits per heavy atom. The molecule has 116 valence electrons. The molecule has 1 aromatic rings. The molecule has 21 heavy (non-hydrogen) atoms. The lowest BCUT2D eigenvalue weighted by Crippen LogP contribution is -2.41. The van der Waals surface area contributed by atoms with Crippen molar-refractivity contribution in [2.45, 2.75) is 46.0 Å². The van der Waals surface area contributed by atoms with E-state index in [1.54, 1.807) is 0 Å². The highest BCUT2D eigenvalue weighted by molar-refractivity contribution is 5.73. The minimum absolute atomic E-state index is 0.274. The Morgan fingerprint density at radius 3 is 2.81 bits per heavy atom. The van der Waals surface area contributed by atoms with Crippen LogP contribution in [0.25, 0.3) is 0 Å². The van der Waals surface area contributed by atoms with Gasteiger partial charge in [0.1, 0.15) is 0 Å². The van der Waals surface area contributed by atoms with Gasteiger partial charge in [-0.15, -0.1) is 0 Å². The van der Waals surface area contributed by atoms with Crippen LogP contribution in [0.15, 0.2) is 24.3 Å². The molecule has 1 aromatic carbocycles. The van der Waals surface area contributed by atoms with Crippen molar-refractivity contribution < 1.29 is 9.90 Å². The first-order valence-electron chi connectivity index (χ1n) is 8.21. The maximum atomic E-state index is 11.4. The second kappa shape index (κ2) is 7.48. The molecule has 0 amide bonds. The summed E-state index contributed by atoms with van der Waals surface area (Å²) in [4.78, 5) is 13.7. The molecule has 0 bridgehead atoms. The molecule has 0 saturated heterocycles. The molecule has 3 heteroatoms. The van der Waals surface area contributed by atoms with Crippen LogP contribution < -0.4 is 4.90 Å². The smallest absolute Gasteiger partial charge is 0.308 e. The van der Waals surface area contributed by atoms with Crippen molar-refractivity contribution in [2.24, 2.45) is 11.8 Å². The summed E-state index contributed by atoms with van der Waals surface area (Å²) in [7, 11) is 0. The van der Waals surface area contributed by atoms with Gasteiger partial charge in [-0.25, -0.2) is 0 Å². The number of hydrogen-bond donors (Lipinski definition) is 1. The van der Waals surface area contributed by atoms with Gasteiger partial charge >= 0.3 is 5.97 Å². The summed E-state index contributed by atoms with van der Waals surface area (Å²) >= 11 is 0. The summed E-state index contributed by atoms with van der Waals surface area (Å²) in [5, 5.41) is 9.39. The van der Waals surface area contributed by atoms with Gasteiger partial charge in [0.15, 0.2) is 0 Å². The molecular formula is C18H27NO2. The number of anilines is 1. The lowest BCUT2D eigenvalue weighted by Gasteiger charge is -2.36. The van der Waals surface area contributed by atoms with Gasteiger partial charge in [0, 0.05) is 18.8 Å². The fourth-order valence-electron chi connectivity index (χ4n) is 3.25. The minimum Gasteiger partial charge on any atom is -0.481 e. The SMILES string of the molecule is CCCCC(CC)CN1CC(C(=O)O)Cc2ccccc21. The van der Waals surface area contributed by atoms with Crippen molar-refractivity contribution >= 4 is 11.7 Å². The summed E-state index contributed by atoms with van der Waals surface area (Å²) in [5.41, 5.74) is 2.42. The first-order chi connectivity index (χ1) is 10.2. The first-order valence-corrected chi connectivity index (χ1v) is 8.21. The second-order valence-corrected chi connectivity index (χ2v) is 6.19. The molecule has 1 aliphatic heterocycles. The van der Waals surface area contributed by atoms with Crippen LogP contribution in [-0.2, 0) is 11.2 Å². The number of carboxylic acids is 1. The van der Waals surface area contributed by atoms with Crippen molar-refractivity contribution in [1.82, 2.24) is 0 Å². The third-order valence-corrected chi connectivity index (χ3v) is 4.61. The number of para-hydroxylation sites is 1. The van der Waals surface area contributed by atoms with E-state index >= 15 is 0 Å². The maximum Gasteiger partial charge on any atom is 0.308 e. The van der Waals surface area contributed by atoms with Crippen molar-refractivity contribution in [3.05, 3.63) is 29.8 Å². The van der Waals surface area contributed by atoms with Gasteiger partial charge in [-0.2, -0.15) is 0 Å². The molecule has 1 N–H and O–H groups in total. The highest BCUT2D eigenvalue weighted by Crippen LogP contribution is 2.31. The van der Waals surface area contributed by atoms with E-state index < -0.39 is 5.97 Å². The van der Waals surface area contributed by atoms with Crippen molar-refractivity contribution in [3.8, 4) is 0 Å². The number of unbranched alkanes of at least 4 members (excludes halogenated alkanes) is 1. The second-order valence-electron chi connectivity index (χ2n) is 6.19. The summed E-state index contributed by atoms with van der Waals surface area (Å²) in [6.45, 7) is 6.10. The number of carboxylic acid groups (broad SMARTS) is 1. The van der Waals surface area contributed by atoms with Gasteiger partial charge in [0.25, 0.3) is 0 Å². The zero-order valence-electron chi connectivity index (χ0n) is 13.2. The normalized spacial score (nSPS) is 19.1. The van der Waals surface area contributed by atoms with E-state index in [9.17, 15) is 9.90 Å². The number of nitrogens with zero attached hydrogens (tertiary/aromatic N) is 1. The van der Waals surface area contributed by atoms with E-state index in [2.05, 4.69) is 36.9 Å². The summed E-state index contributed by atoms with van der Waals surface area (Å²) in [6.07, 6.45) is 5.55. The molecule has 0 radical (unpaired) electrons. The van der Waals surface area contributed by atoms with Gasteiger partial charge in [-0.3, -0.25) is 4.79 Å². The van der Waals surface area contributed by atoms with E-state index in [0.29, 0.717) is 18.9 Å². The Hall–Kier alpha value is -1.51. The Morgan fingerprint density at radius 2 is 2.14 bits per heavy atom. The molecule has 2 unspecified atom stereocenters. The monoisotopic (exact) mass is 289 g/mol. The van der Waals surface area contributed by atoms with Crippen LogP contribution in [0.5, 0.6) is 0 Å². The summed E-state index contributed by atoms with van der Waals surface area (Å²) in [6, 6.07) is 8.28. The lowest BCUT2D eigenvalue weighted by molar-refractivity contribution is -0.141. The third-order valence-electron chi connectivity index (χ3n) is 4.61. The van der Waals surface area contributed by atoms with Gasteiger partial charge in [0.2, 0.25) is 0 Å². The molecule has 1 aliphatic rings. The standard InChI is InChI=1S/C18H27NO2/c1-3-5-8-14(4-2)12-19-13-16(18(20)21)11-15-9-6-7-10-17(15)19/h6-7,9-10,14,16H,3-5,8,11-13H2,1-2H3,(H,20,21). The van der Waals surface area contributed by atoms with Gasteiger partial charge in [0.05, 0.1) is 5.92 Å². The molecule has 0 fully saturated rings. The van der Waals surface area contributed by atoms with Crippen LogP contribution in [0, 0.1) is 11.8 Å². The van der Waals surface area contributed by atoms with Crippen molar-refractivity contribution in [1.29, 1.82) is 0 Å². The van der Waals surface area contributed by atoms with Crippen LogP contribution in [0.2, 0.25) is 0 Å². The van der Waals surface area contributed by atoms with Crippen LogP contribution in [0.1, 0.15) is 45.1 Å². The predicted octanol–water partition coefficient (Wildman–Crippen LogP) is 3.97. The molecule has 3 nitrogen and oxygen atoms in total. The van der Waals surface area contributed by atoms with Crippen molar-refractivity contribution in [2.75, 3.05) is 18.0 Å². The number of rotatable bonds is 7. The lowest BCUT2D eigenvalue weighted by atomic mass is 9.90. The molecule has 2 rings (SSSR count). The average Bonchev–Trinajstić information content (AvgIpc) is 2.50. The molecule has 2 atom stereocenters. The number of aliphatic carboxylic acids is 1. The van der Waals surface area contributed by atoms with Crippen LogP contribution in [0.3, 0.4) is 0 Å². The van der Waals surface area contributed by atoms with Crippen LogP contribution in [0.4, 0.5) is 5.69 Å². The van der Waals surface area contributed by atoms with E-state index in [1.807, 2.05) is 6.07 Å². The van der Waals surface area contributed by atoms with Crippen LogP contribution >= 0.6 is 0 Å². The molecule has 0 aromatic heterocycles. The highest BCUT2D eigenvalue weighted by Gasteiger charge is 2.29. The number of benzene rings is 1. The molecule has 1 heterocycles. The van der Waals surface area contributed by atoms with Crippen LogP contribution in [-0.4, -0.2) is 24.2 Å². The van der Waals surface area contributed by atoms with E-state index in [4.69, 9.17) is 0 Å². The maximum absolute atomic E-state index is 11.4. The minimum atomic E-state index is -0.670. The number of carbonyl (C=O) groups is 1. The fourth-order valence-corrected chi connectivity index (χ4v) is 3.25. The predicted molar refractivity (Wildman–Crippen MR) is 86.8 cm³/mol. The van der Waals surface area contributed by atoms with E-state index in [0.717, 1.165) is 13.0 Å². The Balaban J connectivity index is 2.14. The number of fused-ring (bicyclic) bond motifs is 1. The summed E-state index contributed by atoms with van der Waals surface area (Å²) in [5.74, 6) is -0.287. The quantitative estimate of drug-likeness (QED) is 0.825. The van der Waals surface area contributed by atoms with Crippen molar-refractivity contribution in [3.63, 3.8) is 0 Å². The molecule has 0 aliphatic carbocycles. The third kappa shape index (κ3) is 3.99. The van der Waals surface area contributed by atoms with E-state index in [-0.39, 0.29) is 5.92 Å². The fraction of sp³-hybridized carbons (Fsp3) is 0.611. The number of hydrogen-bond acceptors (Lipinski definition) is 2. The van der Waals surface area contributed by atoms with Gasteiger partial charge < -0.3 is 10.0 Å². The average molecular weight is 289 g/mol. The highest BCUT2D eigenvalue weighted by atomic mass is 16.4. The Bertz CT molecular complexity index is 472. The zero-order chi connectivity index (χ0) is 15.2. The first kappa shape index (κ1) is 15.9. The molecule has 0 spiro atoms. The zero-order valence-corrected chi connectivity index (χ0v) is 13.2. The Kier molecular flexibility index (Phi) is 5.66. The molecular weight excluding hydrogens is 262 g/mol. The van der Waals surface area contributed by atoms with Gasteiger partial charge in [-0.05, 0) is 30.4 Å².